The lowest BCUT2D eigenvalue weighted by Gasteiger charge is -2.43. The van der Waals surface area contributed by atoms with E-state index in [4.69, 9.17) is 0 Å². The zero-order valence-corrected chi connectivity index (χ0v) is 20.7. The lowest BCUT2D eigenvalue weighted by Crippen LogP contribution is -2.48. The van der Waals surface area contributed by atoms with E-state index < -0.39 is 10.0 Å². The molecule has 0 spiro atoms. The molecule has 0 aliphatic heterocycles. The Morgan fingerprint density at radius 2 is 1.70 bits per heavy atom. The second kappa shape index (κ2) is 11.1. The van der Waals surface area contributed by atoms with E-state index in [1.165, 1.54) is 31.9 Å². The van der Waals surface area contributed by atoms with Gasteiger partial charge in [0.15, 0.2) is 5.96 Å². The molecule has 1 saturated carbocycles. The molecule has 0 radical (unpaired) electrons. The molecule has 3 N–H and O–H groups in total. The van der Waals surface area contributed by atoms with Gasteiger partial charge in [0.25, 0.3) is 0 Å². The second-order valence-corrected chi connectivity index (χ2v) is 9.29. The smallest absolute Gasteiger partial charge is 0.240 e. The van der Waals surface area contributed by atoms with E-state index in [9.17, 15) is 8.42 Å². The fourth-order valence-electron chi connectivity index (χ4n) is 3.62. The van der Waals surface area contributed by atoms with E-state index in [0.717, 1.165) is 24.6 Å². The van der Waals surface area contributed by atoms with E-state index in [1.54, 1.807) is 24.3 Å². The van der Waals surface area contributed by atoms with E-state index in [-0.39, 0.29) is 34.3 Å². The first kappa shape index (κ1) is 24.6. The van der Waals surface area contributed by atoms with Crippen LogP contribution in [-0.2, 0) is 22.0 Å². The molecule has 2 aromatic carbocycles. The van der Waals surface area contributed by atoms with Crippen molar-refractivity contribution < 1.29 is 8.42 Å². The Kier molecular flexibility index (Phi) is 9.11. The summed E-state index contributed by atoms with van der Waals surface area (Å²) in [4.78, 5) is 4.94. The molecule has 164 valence electrons. The molecule has 1 aliphatic rings. The van der Waals surface area contributed by atoms with Crippen LogP contribution in [0.25, 0.3) is 0 Å². The molecule has 1 fully saturated rings. The van der Waals surface area contributed by atoms with Crippen LogP contribution in [0, 0.1) is 0 Å². The molecule has 6 nitrogen and oxygen atoms in total. The van der Waals surface area contributed by atoms with Gasteiger partial charge in [-0.3, -0.25) is 0 Å². The summed E-state index contributed by atoms with van der Waals surface area (Å²) < 4.78 is 26.0. The normalized spacial score (nSPS) is 15.6. The monoisotopic (exact) mass is 542 g/mol. The Labute approximate surface area is 197 Å². The van der Waals surface area contributed by atoms with Crippen molar-refractivity contribution in [2.24, 2.45) is 4.99 Å². The first-order chi connectivity index (χ1) is 14.0. The molecule has 0 aromatic heterocycles. The van der Waals surface area contributed by atoms with Crippen LogP contribution >= 0.6 is 24.0 Å². The van der Waals surface area contributed by atoms with Gasteiger partial charge >= 0.3 is 0 Å². The van der Waals surface area contributed by atoms with Crippen molar-refractivity contribution in [3.05, 3.63) is 65.7 Å². The average Bonchev–Trinajstić information content (AvgIpc) is 2.72. The summed E-state index contributed by atoms with van der Waals surface area (Å²) in [6.45, 7) is 4.16. The predicted octanol–water partition coefficient (Wildman–Crippen LogP) is 3.39. The van der Waals surface area contributed by atoms with E-state index >= 15 is 0 Å². The van der Waals surface area contributed by atoms with Crippen LogP contribution in [0.1, 0.15) is 37.3 Å². The van der Waals surface area contributed by atoms with Gasteiger partial charge in [0.1, 0.15) is 0 Å². The maximum Gasteiger partial charge on any atom is 0.240 e. The fourth-order valence-corrected chi connectivity index (χ4v) is 4.35. The third kappa shape index (κ3) is 5.95. The highest BCUT2D eigenvalue weighted by Gasteiger charge is 2.38. The van der Waals surface area contributed by atoms with Crippen LogP contribution < -0.4 is 15.4 Å². The Morgan fingerprint density at radius 3 is 2.23 bits per heavy atom. The molecule has 0 saturated heterocycles. The Bertz CT molecular complexity index is 927. The molecular formula is C22H31IN4O2S. The molecule has 0 amide bonds. The quantitative estimate of drug-likeness (QED) is 0.272. The number of hydrogen-bond acceptors (Lipinski definition) is 3. The average molecular weight is 542 g/mol. The van der Waals surface area contributed by atoms with Crippen LogP contribution in [0.15, 0.2) is 64.5 Å². The SMILES string of the molecule is CCNC(=NCc1ccc(S(=O)(=O)NC)cc1)NCC1(c2ccccc2)CCC1.I. The first-order valence-electron chi connectivity index (χ1n) is 10.1. The van der Waals surface area contributed by atoms with Crippen molar-refractivity contribution in [2.45, 2.75) is 43.0 Å². The number of nitrogens with one attached hydrogen (secondary N) is 3. The molecule has 2 aromatic rings. The van der Waals surface area contributed by atoms with E-state index in [2.05, 4.69) is 50.7 Å². The maximum absolute atomic E-state index is 11.8. The molecule has 0 heterocycles. The highest BCUT2D eigenvalue weighted by molar-refractivity contribution is 14.0. The van der Waals surface area contributed by atoms with Crippen LogP contribution in [0.3, 0.4) is 0 Å². The fraction of sp³-hybridized carbons (Fsp3) is 0.409. The Balaban J connectivity index is 0.00000320. The zero-order valence-electron chi connectivity index (χ0n) is 17.5. The number of nitrogens with zero attached hydrogens (tertiary/aromatic N) is 1. The summed E-state index contributed by atoms with van der Waals surface area (Å²) in [6.07, 6.45) is 3.63. The third-order valence-electron chi connectivity index (χ3n) is 5.56. The lowest BCUT2D eigenvalue weighted by atomic mass is 9.64. The van der Waals surface area contributed by atoms with E-state index in [0.29, 0.717) is 6.54 Å². The Morgan fingerprint density at radius 1 is 1.03 bits per heavy atom. The summed E-state index contributed by atoms with van der Waals surface area (Å²) >= 11 is 0. The van der Waals surface area contributed by atoms with Gasteiger partial charge in [-0.1, -0.05) is 48.9 Å². The van der Waals surface area contributed by atoms with Gasteiger partial charge in [-0.25, -0.2) is 18.1 Å². The van der Waals surface area contributed by atoms with Gasteiger partial charge in [-0.05, 0) is 50.1 Å². The minimum absolute atomic E-state index is 0. The third-order valence-corrected chi connectivity index (χ3v) is 6.99. The van der Waals surface area contributed by atoms with Gasteiger partial charge in [0.2, 0.25) is 10.0 Å². The highest BCUT2D eigenvalue weighted by atomic mass is 127. The van der Waals surface area contributed by atoms with Crippen molar-refractivity contribution in [3.63, 3.8) is 0 Å². The number of hydrogen-bond donors (Lipinski definition) is 3. The number of aliphatic imine (C=N–C) groups is 1. The number of guanidine groups is 1. The molecule has 1 aliphatic carbocycles. The predicted molar refractivity (Wildman–Crippen MR) is 133 cm³/mol. The second-order valence-electron chi connectivity index (χ2n) is 7.40. The Hall–Kier alpha value is -1.65. The van der Waals surface area contributed by atoms with Gasteiger partial charge in [0.05, 0.1) is 11.4 Å². The highest BCUT2D eigenvalue weighted by Crippen LogP contribution is 2.43. The summed E-state index contributed by atoms with van der Waals surface area (Å²) in [5.74, 6) is 0.779. The molecule has 30 heavy (non-hydrogen) atoms. The van der Waals surface area contributed by atoms with Crippen molar-refractivity contribution in [1.29, 1.82) is 0 Å². The number of halogens is 1. The van der Waals surface area contributed by atoms with Crippen LogP contribution in [0.5, 0.6) is 0 Å². The molecular weight excluding hydrogens is 511 g/mol. The molecule has 0 atom stereocenters. The molecule has 0 unspecified atom stereocenters. The maximum atomic E-state index is 11.8. The number of benzene rings is 2. The minimum Gasteiger partial charge on any atom is -0.357 e. The van der Waals surface area contributed by atoms with Gasteiger partial charge < -0.3 is 10.6 Å². The lowest BCUT2D eigenvalue weighted by molar-refractivity contribution is 0.244. The van der Waals surface area contributed by atoms with Crippen LogP contribution in [0.4, 0.5) is 0 Å². The van der Waals surface area contributed by atoms with Crippen molar-refractivity contribution in [3.8, 4) is 0 Å². The summed E-state index contributed by atoms with van der Waals surface area (Å²) in [7, 11) is -2.00. The summed E-state index contributed by atoms with van der Waals surface area (Å²) in [6, 6.07) is 17.5. The van der Waals surface area contributed by atoms with Crippen molar-refractivity contribution in [1.82, 2.24) is 15.4 Å². The summed E-state index contributed by atoms with van der Waals surface area (Å²) in [5, 5.41) is 6.81. The van der Waals surface area contributed by atoms with Crippen LogP contribution in [0.2, 0.25) is 0 Å². The molecule has 0 bridgehead atoms. The standard InChI is InChI=1S/C22H30N4O2S.HI/c1-3-24-21(25-16-18-10-12-20(13-11-18)29(27,28)23-2)26-17-22(14-7-15-22)19-8-5-4-6-9-19;/h4-6,8-13,23H,3,7,14-17H2,1-2H3,(H2,24,25,26);1H. The molecule has 8 heteroatoms. The summed E-state index contributed by atoms with van der Waals surface area (Å²) in [5.41, 5.74) is 2.52. The number of rotatable bonds is 8. The van der Waals surface area contributed by atoms with Crippen molar-refractivity contribution >= 4 is 40.0 Å². The van der Waals surface area contributed by atoms with Gasteiger partial charge in [0, 0.05) is 18.5 Å². The topological polar surface area (TPSA) is 82.6 Å². The molecule has 3 rings (SSSR count). The van der Waals surface area contributed by atoms with E-state index in [1.807, 2.05) is 6.92 Å². The first-order valence-corrected chi connectivity index (χ1v) is 11.6. The number of sulfonamides is 1. The minimum atomic E-state index is -3.41. The largest absolute Gasteiger partial charge is 0.357 e. The van der Waals surface area contributed by atoms with Crippen LogP contribution in [-0.4, -0.2) is 34.5 Å². The van der Waals surface area contributed by atoms with Crippen molar-refractivity contribution in [2.75, 3.05) is 20.1 Å². The zero-order chi connectivity index (χ0) is 20.7. The van der Waals surface area contributed by atoms with Gasteiger partial charge in [-0.2, -0.15) is 0 Å². The van der Waals surface area contributed by atoms with Gasteiger partial charge in [-0.15, -0.1) is 24.0 Å².